The van der Waals surface area contributed by atoms with Crippen LogP contribution in [0.1, 0.15) is 33.3 Å². The SMILES string of the molecule is COCCCN(CC(=O)N1CCSC1c1ccc(F)cc1)Cc1cccc(C(=O)OC)c1. The smallest absolute Gasteiger partial charge is 0.337 e. The van der Waals surface area contributed by atoms with Crippen molar-refractivity contribution in [3.05, 3.63) is 71.0 Å². The van der Waals surface area contributed by atoms with E-state index in [9.17, 15) is 14.0 Å². The fourth-order valence-corrected chi connectivity index (χ4v) is 5.01. The molecular weight excluding hydrogens is 431 g/mol. The molecule has 0 bridgehead atoms. The lowest BCUT2D eigenvalue weighted by Crippen LogP contribution is -2.40. The van der Waals surface area contributed by atoms with Crippen LogP contribution in [0.15, 0.2) is 48.5 Å². The van der Waals surface area contributed by atoms with Crippen LogP contribution in [-0.2, 0) is 20.8 Å². The van der Waals surface area contributed by atoms with Crippen molar-refractivity contribution in [2.45, 2.75) is 18.3 Å². The number of thioether (sulfide) groups is 1. The molecule has 1 heterocycles. The van der Waals surface area contributed by atoms with E-state index >= 15 is 0 Å². The minimum absolute atomic E-state index is 0.0332. The lowest BCUT2D eigenvalue weighted by Gasteiger charge is -2.28. The van der Waals surface area contributed by atoms with Gasteiger partial charge in [-0.1, -0.05) is 24.3 Å². The summed E-state index contributed by atoms with van der Waals surface area (Å²) in [6.45, 7) is 2.73. The topological polar surface area (TPSA) is 59.1 Å². The van der Waals surface area contributed by atoms with Gasteiger partial charge in [0.1, 0.15) is 11.2 Å². The number of esters is 1. The first-order valence-corrected chi connectivity index (χ1v) is 11.6. The molecule has 0 N–H and O–H groups in total. The van der Waals surface area contributed by atoms with E-state index in [0.717, 1.165) is 23.3 Å². The maximum absolute atomic E-state index is 13.3. The van der Waals surface area contributed by atoms with Gasteiger partial charge in [-0.25, -0.2) is 9.18 Å². The van der Waals surface area contributed by atoms with Gasteiger partial charge in [0.2, 0.25) is 5.91 Å². The van der Waals surface area contributed by atoms with E-state index in [4.69, 9.17) is 9.47 Å². The molecule has 1 saturated heterocycles. The number of hydrogen-bond acceptors (Lipinski definition) is 6. The van der Waals surface area contributed by atoms with E-state index in [1.54, 1.807) is 43.1 Å². The molecule has 0 saturated carbocycles. The van der Waals surface area contributed by atoms with Crippen molar-refractivity contribution in [1.82, 2.24) is 9.80 Å². The standard InChI is InChI=1S/C24H29FN2O4S/c1-30-13-4-11-26(16-18-5-3-6-20(15-18)24(29)31-2)17-22(28)27-12-14-32-23(27)19-7-9-21(25)10-8-19/h3,5-10,15,23H,4,11-14,16-17H2,1-2H3. The third-order valence-electron chi connectivity index (χ3n) is 5.30. The van der Waals surface area contributed by atoms with E-state index in [1.807, 2.05) is 17.0 Å². The highest BCUT2D eigenvalue weighted by Gasteiger charge is 2.31. The van der Waals surface area contributed by atoms with E-state index in [-0.39, 0.29) is 29.6 Å². The fraction of sp³-hybridized carbons (Fsp3) is 0.417. The zero-order valence-corrected chi connectivity index (χ0v) is 19.3. The third kappa shape index (κ3) is 6.54. The summed E-state index contributed by atoms with van der Waals surface area (Å²) in [7, 11) is 3.01. The van der Waals surface area contributed by atoms with Gasteiger partial charge < -0.3 is 14.4 Å². The minimum atomic E-state index is -0.384. The Kier molecular flexibility index (Phi) is 9.08. The fourth-order valence-electron chi connectivity index (χ4n) is 3.73. The third-order valence-corrected chi connectivity index (χ3v) is 6.56. The summed E-state index contributed by atoms with van der Waals surface area (Å²) in [5.74, 6) is 0.211. The van der Waals surface area contributed by atoms with Crippen molar-refractivity contribution in [3.63, 3.8) is 0 Å². The van der Waals surface area contributed by atoms with Gasteiger partial charge in [0.15, 0.2) is 0 Å². The zero-order chi connectivity index (χ0) is 22.9. The molecule has 0 spiro atoms. The lowest BCUT2D eigenvalue weighted by atomic mass is 10.1. The van der Waals surface area contributed by atoms with Crippen LogP contribution in [0.4, 0.5) is 4.39 Å². The van der Waals surface area contributed by atoms with Crippen LogP contribution in [0.2, 0.25) is 0 Å². The first kappa shape index (κ1) is 24.2. The quantitative estimate of drug-likeness (QED) is 0.398. The van der Waals surface area contributed by atoms with Gasteiger partial charge in [-0.3, -0.25) is 9.69 Å². The first-order chi connectivity index (χ1) is 15.5. The Morgan fingerprint density at radius 2 is 1.97 bits per heavy atom. The van der Waals surface area contributed by atoms with Gasteiger partial charge in [0.25, 0.3) is 0 Å². The Labute approximate surface area is 192 Å². The normalized spacial score (nSPS) is 15.9. The van der Waals surface area contributed by atoms with Crippen molar-refractivity contribution < 1.29 is 23.5 Å². The highest BCUT2D eigenvalue weighted by molar-refractivity contribution is 7.99. The number of halogens is 1. The maximum atomic E-state index is 13.3. The van der Waals surface area contributed by atoms with Crippen LogP contribution < -0.4 is 0 Å². The molecule has 1 aliphatic heterocycles. The summed E-state index contributed by atoms with van der Waals surface area (Å²) in [5, 5.41) is -0.105. The predicted molar refractivity (Wildman–Crippen MR) is 123 cm³/mol. The van der Waals surface area contributed by atoms with Crippen LogP contribution >= 0.6 is 11.8 Å². The van der Waals surface area contributed by atoms with Gasteiger partial charge in [-0.05, 0) is 41.8 Å². The monoisotopic (exact) mass is 460 g/mol. The molecule has 1 aliphatic rings. The van der Waals surface area contributed by atoms with Crippen molar-refractivity contribution in [3.8, 4) is 0 Å². The second-order valence-electron chi connectivity index (χ2n) is 7.61. The average Bonchev–Trinajstić information content (AvgIpc) is 3.29. The predicted octanol–water partition coefficient (Wildman–Crippen LogP) is 3.73. The molecule has 2 aromatic carbocycles. The Morgan fingerprint density at radius 1 is 1.19 bits per heavy atom. The lowest BCUT2D eigenvalue weighted by molar-refractivity contribution is -0.132. The van der Waals surface area contributed by atoms with Gasteiger partial charge in [0.05, 0.1) is 19.2 Å². The molecular formula is C24H29FN2O4S. The Morgan fingerprint density at radius 3 is 2.69 bits per heavy atom. The summed E-state index contributed by atoms with van der Waals surface area (Å²) >= 11 is 1.69. The van der Waals surface area contributed by atoms with Gasteiger partial charge in [-0.2, -0.15) is 0 Å². The molecule has 32 heavy (non-hydrogen) atoms. The van der Waals surface area contributed by atoms with E-state index < -0.39 is 0 Å². The van der Waals surface area contributed by atoms with Crippen LogP contribution in [0.3, 0.4) is 0 Å². The van der Waals surface area contributed by atoms with E-state index in [1.165, 1.54) is 19.2 Å². The van der Waals surface area contributed by atoms with E-state index in [0.29, 0.717) is 31.8 Å². The van der Waals surface area contributed by atoms with E-state index in [2.05, 4.69) is 4.90 Å². The zero-order valence-electron chi connectivity index (χ0n) is 18.5. The number of amides is 1. The van der Waals surface area contributed by atoms with Crippen LogP contribution in [0.5, 0.6) is 0 Å². The Hall–Kier alpha value is -2.42. The second-order valence-corrected chi connectivity index (χ2v) is 8.80. The maximum Gasteiger partial charge on any atom is 0.337 e. The number of benzene rings is 2. The summed E-state index contributed by atoms with van der Waals surface area (Å²) in [4.78, 5) is 29.0. The molecule has 3 rings (SSSR count). The number of nitrogens with zero attached hydrogens (tertiary/aromatic N) is 2. The van der Waals surface area contributed by atoms with Crippen LogP contribution in [-0.4, -0.2) is 67.9 Å². The Balaban J connectivity index is 1.70. The van der Waals surface area contributed by atoms with Crippen LogP contribution in [0.25, 0.3) is 0 Å². The molecule has 1 unspecified atom stereocenters. The van der Waals surface area contributed by atoms with Gasteiger partial charge in [0, 0.05) is 39.1 Å². The van der Waals surface area contributed by atoms with Crippen molar-refractivity contribution >= 4 is 23.6 Å². The average molecular weight is 461 g/mol. The van der Waals surface area contributed by atoms with Crippen molar-refractivity contribution in [2.75, 3.05) is 46.2 Å². The number of rotatable bonds is 10. The first-order valence-electron chi connectivity index (χ1n) is 10.6. The number of methoxy groups -OCH3 is 2. The van der Waals surface area contributed by atoms with Gasteiger partial charge in [-0.15, -0.1) is 11.8 Å². The highest BCUT2D eigenvalue weighted by Crippen LogP contribution is 2.38. The summed E-state index contributed by atoms with van der Waals surface area (Å²) in [5.41, 5.74) is 2.35. The summed E-state index contributed by atoms with van der Waals surface area (Å²) < 4.78 is 23.3. The highest BCUT2D eigenvalue weighted by atomic mass is 32.2. The minimum Gasteiger partial charge on any atom is -0.465 e. The molecule has 0 radical (unpaired) electrons. The molecule has 172 valence electrons. The summed E-state index contributed by atoms with van der Waals surface area (Å²) in [6, 6.07) is 13.6. The molecule has 0 aromatic heterocycles. The van der Waals surface area contributed by atoms with Crippen LogP contribution in [0, 0.1) is 5.82 Å². The molecule has 8 heteroatoms. The molecule has 1 atom stereocenters. The number of ether oxygens (including phenoxy) is 2. The largest absolute Gasteiger partial charge is 0.465 e. The Bertz CT molecular complexity index is 909. The number of hydrogen-bond donors (Lipinski definition) is 0. The summed E-state index contributed by atoms with van der Waals surface area (Å²) in [6.07, 6.45) is 0.788. The van der Waals surface area contributed by atoms with Crippen molar-refractivity contribution in [2.24, 2.45) is 0 Å². The molecule has 1 fully saturated rings. The second kappa shape index (κ2) is 12.0. The molecule has 2 aromatic rings. The van der Waals surface area contributed by atoms with Gasteiger partial charge >= 0.3 is 5.97 Å². The number of carbonyl (C=O) groups is 2. The van der Waals surface area contributed by atoms with Crippen molar-refractivity contribution in [1.29, 1.82) is 0 Å². The molecule has 6 nitrogen and oxygen atoms in total. The number of carbonyl (C=O) groups excluding carboxylic acids is 2. The molecule has 1 amide bonds. The molecule has 0 aliphatic carbocycles.